The topological polar surface area (TPSA) is 73.5 Å². The first-order valence-electron chi connectivity index (χ1n) is 6.39. The molecule has 0 bridgehead atoms. The molecule has 6 heteroatoms. The van der Waals surface area contributed by atoms with Crippen molar-refractivity contribution in [3.05, 3.63) is 36.2 Å². The van der Waals surface area contributed by atoms with E-state index in [2.05, 4.69) is 14.9 Å². The number of methoxy groups -OCH3 is 1. The molecule has 1 aliphatic heterocycles. The molecule has 0 fully saturated rings. The van der Waals surface area contributed by atoms with Crippen LogP contribution in [0.2, 0.25) is 0 Å². The number of hydrogen-bond donors (Lipinski definition) is 1. The van der Waals surface area contributed by atoms with Crippen molar-refractivity contribution >= 4 is 11.6 Å². The van der Waals surface area contributed by atoms with Gasteiger partial charge < -0.3 is 20.1 Å². The van der Waals surface area contributed by atoms with Crippen molar-refractivity contribution < 1.29 is 9.47 Å². The number of hydrogen-bond acceptors (Lipinski definition) is 6. The van der Waals surface area contributed by atoms with E-state index in [0.29, 0.717) is 37.1 Å². The lowest BCUT2D eigenvalue weighted by atomic mass is 10.2. The fourth-order valence-electron chi connectivity index (χ4n) is 2.31. The van der Waals surface area contributed by atoms with Crippen molar-refractivity contribution in [1.82, 2.24) is 9.97 Å². The molecular weight excluding hydrogens is 256 g/mol. The zero-order valence-corrected chi connectivity index (χ0v) is 11.2. The second kappa shape index (κ2) is 5.24. The van der Waals surface area contributed by atoms with Crippen LogP contribution in [0.5, 0.6) is 11.5 Å². The fraction of sp³-hybridized carbons (Fsp3) is 0.286. The van der Waals surface area contributed by atoms with E-state index in [1.807, 2.05) is 24.3 Å². The van der Waals surface area contributed by atoms with Crippen molar-refractivity contribution in [2.45, 2.75) is 6.54 Å². The summed E-state index contributed by atoms with van der Waals surface area (Å²) in [7, 11) is 1.57. The molecule has 0 saturated heterocycles. The quantitative estimate of drug-likeness (QED) is 0.892. The number of fused-ring (bicyclic) bond motifs is 1. The van der Waals surface area contributed by atoms with Crippen LogP contribution in [0.15, 0.2) is 30.6 Å². The molecule has 2 N–H and O–H groups in total. The average molecular weight is 272 g/mol. The second-order valence-corrected chi connectivity index (χ2v) is 4.49. The van der Waals surface area contributed by atoms with E-state index in [-0.39, 0.29) is 0 Å². The molecule has 3 rings (SSSR count). The molecule has 1 aliphatic rings. The van der Waals surface area contributed by atoms with Crippen LogP contribution in [0.1, 0.15) is 5.56 Å². The van der Waals surface area contributed by atoms with E-state index >= 15 is 0 Å². The maximum absolute atomic E-state index is 5.84. The van der Waals surface area contributed by atoms with Gasteiger partial charge in [-0.1, -0.05) is 18.2 Å². The van der Waals surface area contributed by atoms with E-state index in [1.54, 1.807) is 7.11 Å². The van der Waals surface area contributed by atoms with Gasteiger partial charge in [-0.25, -0.2) is 9.97 Å². The smallest absolute Gasteiger partial charge is 0.204 e. The molecule has 0 aliphatic carbocycles. The molecule has 0 unspecified atom stereocenters. The largest absolute Gasteiger partial charge is 0.491 e. The maximum Gasteiger partial charge on any atom is 0.204 e. The molecule has 1 aromatic carbocycles. The summed E-state index contributed by atoms with van der Waals surface area (Å²) in [4.78, 5) is 10.3. The Bertz CT molecular complexity index is 618. The Morgan fingerprint density at radius 2 is 2.15 bits per heavy atom. The van der Waals surface area contributed by atoms with Crippen LogP contribution in [-0.4, -0.2) is 30.2 Å². The molecule has 2 heterocycles. The number of aromatic nitrogens is 2. The molecule has 6 nitrogen and oxygen atoms in total. The van der Waals surface area contributed by atoms with E-state index in [0.717, 1.165) is 11.3 Å². The van der Waals surface area contributed by atoms with Gasteiger partial charge in [0.05, 0.1) is 13.7 Å². The van der Waals surface area contributed by atoms with Crippen LogP contribution in [0.4, 0.5) is 11.6 Å². The Balaban J connectivity index is 1.98. The Hall–Kier alpha value is -2.50. The molecule has 2 aromatic rings. The van der Waals surface area contributed by atoms with Crippen LogP contribution < -0.4 is 20.1 Å². The zero-order valence-electron chi connectivity index (χ0n) is 11.2. The zero-order chi connectivity index (χ0) is 13.9. The highest BCUT2D eigenvalue weighted by atomic mass is 16.5. The number of para-hydroxylation sites is 1. The van der Waals surface area contributed by atoms with Gasteiger partial charge in [-0.2, -0.15) is 0 Å². The normalized spacial score (nSPS) is 14.2. The lowest BCUT2D eigenvalue weighted by Crippen LogP contribution is -2.27. The van der Waals surface area contributed by atoms with Gasteiger partial charge >= 0.3 is 0 Å². The summed E-state index contributed by atoms with van der Waals surface area (Å²) in [6.45, 7) is 1.99. The maximum atomic E-state index is 5.84. The van der Waals surface area contributed by atoms with Crippen molar-refractivity contribution in [3.8, 4) is 11.5 Å². The van der Waals surface area contributed by atoms with Gasteiger partial charge in [-0.05, 0) is 6.07 Å². The van der Waals surface area contributed by atoms with Crippen LogP contribution >= 0.6 is 0 Å². The van der Waals surface area contributed by atoms with E-state index < -0.39 is 0 Å². The van der Waals surface area contributed by atoms with Crippen LogP contribution in [0.25, 0.3) is 0 Å². The van der Waals surface area contributed by atoms with Crippen molar-refractivity contribution in [1.29, 1.82) is 0 Å². The van der Waals surface area contributed by atoms with E-state index in [1.165, 1.54) is 6.33 Å². The molecule has 20 heavy (non-hydrogen) atoms. The number of nitrogens with zero attached hydrogens (tertiary/aromatic N) is 3. The van der Waals surface area contributed by atoms with E-state index in [9.17, 15) is 0 Å². The number of anilines is 2. The molecule has 0 amide bonds. The third-order valence-corrected chi connectivity index (χ3v) is 3.27. The summed E-state index contributed by atoms with van der Waals surface area (Å²) in [5.41, 5.74) is 6.95. The number of rotatable bonds is 2. The van der Waals surface area contributed by atoms with Crippen molar-refractivity contribution in [2.24, 2.45) is 0 Å². The Morgan fingerprint density at radius 1 is 1.30 bits per heavy atom. The Morgan fingerprint density at radius 3 is 3.00 bits per heavy atom. The van der Waals surface area contributed by atoms with Crippen LogP contribution in [-0.2, 0) is 6.54 Å². The highest BCUT2D eigenvalue weighted by Crippen LogP contribution is 2.33. The summed E-state index contributed by atoms with van der Waals surface area (Å²) in [5.74, 6) is 2.46. The number of nitrogen functional groups attached to an aromatic ring is 1. The summed E-state index contributed by atoms with van der Waals surface area (Å²) in [5, 5.41) is 0. The molecule has 0 radical (unpaired) electrons. The second-order valence-electron chi connectivity index (χ2n) is 4.49. The van der Waals surface area contributed by atoms with E-state index in [4.69, 9.17) is 15.2 Å². The number of nitrogens with two attached hydrogens (primary N) is 1. The summed E-state index contributed by atoms with van der Waals surface area (Å²) < 4.78 is 11.1. The molecular formula is C14H16N4O2. The third kappa shape index (κ3) is 2.20. The third-order valence-electron chi connectivity index (χ3n) is 3.27. The molecule has 0 saturated carbocycles. The van der Waals surface area contributed by atoms with Gasteiger partial charge in [-0.3, -0.25) is 0 Å². The minimum atomic E-state index is 0.343. The summed E-state index contributed by atoms with van der Waals surface area (Å²) in [6, 6.07) is 7.99. The number of ether oxygens (including phenoxy) is 2. The van der Waals surface area contributed by atoms with Crippen LogP contribution in [0, 0.1) is 0 Å². The highest BCUT2D eigenvalue weighted by molar-refractivity contribution is 5.63. The van der Waals surface area contributed by atoms with Crippen molar-refractivity contribution in [3.63, 3.8) is 0 Å². The standard InChI is InChI=1S/C14H16N4O2/c1-19-12-13(15)16-9-17-14(12)18-6-7-20-11-5-3-2-4-10(11)8-18/h2-5,9H,6-8H2,1H3,(H2,15,16,17). The molecule has 0 atom stereocenters. The summed E-state index contributed by atoms with van der Waals surface area (Å²) >= 11 is 0. The van der Waals surface area contributed by atoms with Crippen LogP contribution in [0.3, 0.4) is 0 Å². The average Bonchev–Trinajstić information content (AvgIpc) is 2.69. The van der Waals surface area contributed by atoms with Gasteiger partial charge in [0, 0.05) is 12.1 Å². The molecule has 104 valence electrons. The molecule has 0 spiro atoms. The minimum absolute atomic E-state index is 0.343. The number of benzene rings is 1. The lowest BCUT2D eigenvalue weighted by Gasteiger charge is -2.22. The SMILES string of the molecule is COc1c(N)ncnc1N1CCOc2ccccc2C1. The Labute approximate surface area is 117 Å². The first-order chi connectivity index (χ1) is 9.79. The fourth-order valence-corrected chi connectivity index (χ4v) is 2.31. The van der Waals surface area contributed by atoms with Gasteiger partial charge in [0.15, 0.2) is 11.6 Å². The summed E-state index contributed by atoms with van der Waals surface area (Å²) in [6.07, 6.45) is 1.45. The first-order valence-corrected chi connectivity index (χ1v) is 6.39. The predicted molar refractivity (Wildman–Crippen MR) is 76.0 cm³/mol. The van der Waals surface area contributed by atoms with Crippen molar-refractivity contribution in [2.75, 3.05) is 30.9 Å². The predicted octanol–water partition coefficient (Wildman–Crippen LogP) is 1.47. The highest BCUT2D eigenvalue weighted by Gasteiger charge is 2.21. The minimum Gasteiger partial charge on any atom is -0.491 e. The lowest BCUT2D eigenvalue weighted by molar-refractivity contribution is 0.331. The first kappa shape index (κ1) is 12.5. The van der Waals surface area contributed by atoms with Gasteiger partial charge in [0.25, 0.3) is 0 Å². The van der Waals surface area contributed by atoms with Gasteiger partial charge in [0.1, 0.15) is 18.7 Å². The monoisotopic (exact) mass is 272 g/mol. The molecule has 1 aromatic heterocycles. The Kier molecular flexibility index (Phi) is 3.28. The van der Waals surface area contributed by atoms with Gasteiger partial charge in [0.2, 0.25) is 5.75 Å². The van der Waals surface area contributed by atoms with Gasteiger partial charge in [-0.15, -0.1) is 0 Å².